The first-order valence-corrected chi connectivity index (χ1v) is 11.0. The summed E-state index contributed by atoms with van der Waals surface area (Å²) in [6.45, 7) is 4.46. The van der Waals surface area contributed by atoms with Crippen molar-refractivity contribution in [3.05, 3.63) is 71.8 Å². The smallest absolute Gasteiger partial charge is 0.193 e. The Hall–Kier alpha value is -2.28. The van der Waals surface area contributed by atoms with Crippen molar-refractivity contribution >= 4 is 0 Å². The molecule has 0 radical (unpaired) electrons. The van der Waals surface area contributed by atoms with Gasteiger partial charge in [-0.25, -0.2) is 0 Å². The van der Waals surface area contributed by atoms with E-state index in [1.807, 2.05) is 12.1 Å². The largest absolute Gasteiger partial charge is 0.416 e. The molecule has 0 saturated heterocycles. The zero-order valence-corrected chi connectivity index (χ0v) is 17.4. The van der Waals surface area contributed by atoms with Crippen molar-refractivity contribution in [1.29, 1.82) is 5.26 Å². The lowest BCUT2D eigenvalue weighted by molar-refractivity contribution is -0.137. The third-order valence-corrected chi connectivity index (χ3v) is 6.92. The molecule has 0 atom stereocenters. The molecule has 0 N–H and O–H groups in total. The molecule has 1 aromatic carbocycles. The van der Waals surface area contributed by atoms with E-state index in [-0.39, 0.29) is 0 Å². The van der Waals surface area contributed by atoms with E-state index >= 15 is 0 Å². The number of rotatable bonds is 5. The van der Waals surface area contributed by atoms with Gasteiger partial charge in [-0.2, -0.15) is 18.4 Å². The van der Waals surface area contributed by atoms with Crippen molar-refractivity contribution in [2.24, 2.45) is 17.8 Å². The number of allylic oxidation sites excluding steroid dienone is 5. The predicted octanol–water partition coefficient (Wildman–Crippen LogP) is 7.98. The fourth-order valence-electron chi connectivity index (χ4n) is 5.08. The highest BCUT2D eigenvalue weighted by molar-refractivity contribution is 5.27. The van der Waals surface area contributed by atoms with E-state index < -0.39 is 11.7 Å². The highest BCUT2D eigenvalue weighted by Gasteiger charge is 2.32. The maximum Gasteiger partial charge on any atom is 0.416 e. The average molecular weight is 414 g/mol. The van der Waals surface area contributed by atoms with E-state index in [2.05, 4.69) is 12.7 Å². The minimum Gasteiger partial charge on any atom is -0.193 e. The molecule has 160 valence electrons. The molecule has 0 aliphatic heterocycles. The number of hydrogen-bond acceptors (Lipinski definition) is 1. The number of halogens is 3. The third-order valence-electron chi connectivity index (χ3n) is 6.92. The van der Waals surface area contributed by atoms with Crippen LogP contribution in [-0.4, -0.2) is 0 Å². The zero-order chi connectivity index (χ0) is 21.6. The van der Waals surface area contributed by atoms with Crippen molar-refractivity contribution in [2.45, 2.75) is 63.5 Å². The number of nitriles is 1. The highest BCUT2D eigenvalue weighted by atomic mass is 19.4. The molecule has 0 heterocycles. The molecule has 0 spiro atoms. The fourth-order valence-corrected chi connectivity index (χ4v) is 5.08. The molecule has 2 aliphatic carbocycles. The van der Waals surface area contributed by atoms with Gasteiger partial charge in [0.1, 0.15) is 0 Å². The Labute approximate surface area is 178 Å². The Bertz CT molecular complexity index is 794. The van der Waals surface area contributed by atoms with Crippen molar-refractivity contribution in [3.8, 4) is 6.07 Å². The van der Waals surface area contributed by atoms with Crippen LogP contribution in [0.1, 0.15) is 68.4 Å². The van der Waals surface area contributed by atoms with Gasteiger partial charge in [0.2, 0.25) is 0 Å². The van der Waals surface area contributed by atoms with Crippen LogP contribution >= 0.6 is 0 Å². The van der Waals surface area contributed by atoms with E-state index in [4.69, 9.17) is 5.26 Å². The van der Waals surface area contributed by atoms with Crippen molar-refractivity contribution in [2.75, 3.05) is 0 Å². The van der Waals surface area contributed by atoms with Gasteiger partial charge in [-0.05, 0) is 92.7 Å². The molecular weight excluding hydrogens is 383 g/mol. The molecule has 2 fully saturated rings. The molecular formula is C26H30F3N. The lowest BCUT2D eigenvalue weighted by atomic mass is 9.70. The Morgan fingerprint density at radius 1 is 0.900 bits per heavy atom. The molecule has 30 heavy (non-hydrogen) atoms. The second kappa shape index (κ2) is 10.2. The summed E-state index contributed by atoms with van der Waals surface area (Å²) < 4.78 is 38.3. The summed E-state index contributed by atoms with van der Waals surface area (Å²) in [5.74, 6) is 2.09. The molecule has 3 rings (SSSR count). The summed E-state index contributed by atoms with van der Waals surface area (Å²) in [4.78, 5) is 0. The molecule has 2 saturated carbocycles. The van der Waals surface area contributed by atoms with E-state index in [1.54, 1.807) is 18.2 Å². The molecule has 0 unspecified atom stereocenters. The van der Waals surface area contributed by atoms with Gasteiger partial charge in [0.25, 0.3) is 0 Å². The van der Waals surface area contributed by atoms with Gasteiger partial charge in [-0.3, -0.25) is 0 Å². The van der Waals surface area contributed by atoms with Crippen molar-refractivity contribution in [1.82, 2.24) is 0 Å². The minimum absolute atomic E-state index is 0.360. The molecule has 0 aromatic heterocycles. The Morgan fingerprint density at radius 2 is 1.47 bits per heavy atom. The first-order chi connectivity index (χ1) is 14.4. The van der Waals surface area contributed by atoms with Crippen LogP contribution in [0.3, 0.4) is 0 Å². The molecule has 2 aliphatic rings. The summed E-state index contributed by atoms with van der Waals surface area (Å²) in [6, 6.07) is 7.73. The van der Waals surface area contributed by atoms with Gasteiger partial charge in [-0.1, -0.05) is 42.5 Å². The lowest BCUT2D eigenvalue weighted by Crippen LogP contribution is -2.22. The zero-order valence-electron chi connectivity index (χ0n) is 17.4. The van der Waals surface area contributed by atoms with Crippen LogP contribution in [-0.2, 0) is 6.18 Å². The summed E-state index contributed by atoms with van der Waals surface area (Å²) in [5.41, 5.74) is 1.86. The maximum absolute atomic E-state index is 12.8. The monoisotopic (exact) mass is 413 g/mol. The fraction of sp³-hybridized carbons (Fsp3) is 0.500. The van der Waals surface area contributed by atoms with Crippen LogP contribution in [0, 0.1) is 29.1 Å². The number of alkyl halides is 3. The molecule has 1 aromatic rings. The number of benzene rings is 1. The van der Waals surface area contributed by atoms with Gasteiger partial charge in [0, 0.05) is 6.08 Å². The summed E-state index contributed by atoms with van der Waals surface area (Å²) in [5, 5.41) is 8.52. The molecule has 4 heteroatoms. The standard InChI is InChI=1S/C26H30F3N/c1-19(21-8-6-20(7-9-21)5-3-2-4-18-30)22-10-12-23(13-11-22)24-14-16-25(17-15-24)26(27,28)29/h2-5,14-17,20-23H,1,6-13H2. The second-order valence-electron chi connectivity index (χ2n) is 8.73. The Morgan fingerprint density at radius 3 is 2.00 bits per heavy atom. The Balaban J connectivity index is 1.46. The van der Waals surface area contributed by atoms with Gasteiger partial charge in [0.05, 0.1) is 11.6 Å². The lowest BCUT2D eigenvalue weighted by Gasteiger charge is -2.36. The summed E-state index contributed by atoms with van der Waals surface area (Å²) in [6.07, 6.45) is 12.1. The van der Waals surface area contributed by atoms with Crippen LogP contribution in [0.4, 0.5) is 13.2 Å². The number of nitrogens with zero attached hydrogens (tertiary/aromatic N) is 1. The van der Waals surface area contributed by atoms with E-state index in [0.29, 0.717) is 23.7 Å². The van der Waals surface area contributed by atoms with Gasteiger partial charge >= 0.3 is 6.18 Å². The van der Waals surface area contributed by atoms with Gasteiger partial charge in [-0.15, -0.1) is 0 Å². The highest BCUT2D eigenvalue weighted by Crippen LogP contribution is 2.44. The van der Waals surface area contributed by atoms with E-state index in [0.717, 1.165) is 31.2 Å². The third kappa shape index (κ3) is 5.88. The van der Waals surface area contributed by atoms with E-state index in [9.17, 15) is 13.2 Å². The van der Waals surface area contributed by atoms with Crippen LogP contribution in [0.25, 0.3) is 0 Å². The van der Waals surface area contributed by atoms with Gasteiger partial charge < -0.3 is 0 Å². The topological polar surface area (TPSA) is 23.8 Å². The Kier molecular flexibility index (Phi) is 7.58. The molecule has 1 nitrogen and oxygen atoms in total. The second-order valence-corrected chi connectivity index (χ2v) is 8.73. The van der Waals surface area contributed by atoms with Crippen LogP contribution in [0.2, 0.25) is 0 Å². The van der Waals surface area contributed by atoms with E-state index in [1.165, 1.54) is 49.5 Å². The van der Waals surface area contributed by atoms with Crippen LogP contribution in [0.5, 0.6) is 0 Å². The van der Waals surface area contributed by atoms with Crippen molar-refractivity contribution < 1.29 is 13.2 Å². The van der Waals surface area contributed by atoms with Crippen LogP contribution in [0.15, 0.2) is 60.7 Å². The normalized spacial score (nSPS) is 27.9. The summed E-state index contributed by atoms with van der Waals surface area (Å²) >= 11 is 0. The molecule has 0 bridgehead atoms. The van der Waals surface area contributed by atoms with Crippen molar-refractivity contribution in [3.63, 3.8) is 0 Å². The minimum atomic E-state index is -4.27. The van der Waals surface area contributed by atoms with Crippen LogP contribution < -0.4 is 0 Å². The summed E-state index contributed by atoms with van der Waals surface area (Å²) in [7, 11) is 0. The number of hydrogen-bond donors (Lipinski definition) is 0. The predicted molar refractivity (Wildman–Crippen MR) is 115 cm³/mol. The first kappa shape index (κ1) is 22.4. The maximum atomic E-state index is 12.8. The first-order valence-electron chi connectivity index (χ1n) is 11.0. The average Bonchev–Trinajstić information content (AvgIpc) is 2.76. The SMILES string of the molecule is C=C(C1CCC(C=CC=CC#N)CC1)C1CCC(c2ccc(C(F)(F)F)cc2)CC1. The van der Waals surface area contributed by atoms with Gasteiger partial charge in [0.15, 0.2) is 0 Å². The molecule has 0 amide bonds. The quantitative estimate of drug-likeness (QED) is 0.273.